The van der Waals surface area contributed by atoms with Gasteiger partial charge in [-0.2, -0.15) is 13.2 Å². The molecule has 0 bridgehead atoms. The van der Waals surface area contributed by atoms with Gasteiger partial charge in [0.15, 0.2) is 0 Å². The van der Waals surface area contributed by atoms with E-state index in [9.17, 15) is 13.2 Å². The van der Waals surface area contributed by atoms with Gasteiger partial charge >= 0.3 is 75.2 Å². The largest absolute Gasteiger partial charge is 1.00 e. The molecular formula is C10H26F3KO7Si2. The van der Waals surface area contributed by atoms with E-state index in [1.807, 2.05) is 6.55 Å². The number of hydrogen-bond acceptors (Lipinski definition) is 7. The molecule has 0 saturated heterocycles. The predicted octanol–water partition coefficient (Wildman–Crippen LogP) is -0.862. The second-order valence-corrected chi connectivity index (χ2v) is 9.93. The van der Waals surface area contributed by atoms with E-state index in [-0.39, 0.29) is 62.9 Å². The van der Waals surface area contributed by atoms with Crippen molar-refractivity contribution in [2.75, 3.05) is 42.7 Å². The van der Waals surface area contributed by atoms with Crippen molar-refractivity contribution in [2.45, 2.75) is 25.2 Å². The number of halogens is 3. The first-order valence-corrected chi connectivity index (χ1v) is 10.1. The minimum Gasteiger partial charge on any atom is -0.870 e. The van der Waals surface area contributed by atoms with Crippen LogP contribution in [-0.4, -0.2) is 71.9 Å². The van der Waals surface area contributed by atoms with Gasteiger partial charge in [0.05, 0.1) is 0 Å². The third kappa shape index (κ3) is 15.5. The first kappa shape index (κ1) is 32.3. The quantitative estimate of drug-likeness (QED) is 0.481. The van der Waals surface area contributed by atoms with E-state index in [1.54, 1.807) is 21.3 Å². The molecule has 0 spiro atoms. The topological polar surface area (TPSA) is 85.4 Å². The van der Waals surface area contributed by atoms with E-state index >= 15 is 0 Å². The molecular weight excluding hydrogens is 384 g/mol. The summed E-state index contributed by atoms with van der Waals surface area (Å²) in [5.41, 5.74) is 0. The molecule has 1 N–H and O–H groups in total. The standard InChI is InChI=1S/C6H13F3O3Si.C4H12O3Si.K.H2O/c1-10-13(11-2,12-3)5-4-6(7,8)9;1-5-8(4,6-2)7-3;;/h4-5H2,1-3H3;1-4H3;;1H2/q;;+1;/p-1. The average molecular weight is 411 g/mol. The third-order valence-corrected chi connectivity index (χ3v) is 7.71. The van der Waals surface area contributed by atoms with Gasteiger partial charge in [-0.15, -0.1) is 0 Å². The van der Waals surface area contributed by atoms with Crippen LogP contribution in [0.4, 0.5) is 13.2 Å². The Morgan fingerprint density at radius 3 is 1.17 bits per heavy atom. The van der Waals surface area contributed by atoms with Gasteiger partial charge in [-0.1, -0.05) is 0 Å². The van der Waals surface area contributed by atoms with Gasteiger partial charge < -0.3 is 32.0 Å². The van der Waals surface area contributed by atoms with Gasteiger partial charge in [-0.25, -0.2) is 0 Å². The van der Waals surface area contributed by atoms with Gasteiger partial charge in [0.1, 0.15) is 0 Å². The van der Waals surface area contributed by atoms with Crippen molar-refractivity contribution in [1.82, 2.24) is 0 Å². The van der Waals surface area contributed by atoms with Crippen molar-refractivity contribution in [3.63, 3.8) is 0 Å². The Kier molecular flexibility index (Phi) is 22.2. The summed E-state index contributed by atoms with van der Waals surface area (Å²) in [5.74, 6) is 0. The molecule has 0 aromatic carbocycles. The Morgan fingerprint density at radius 2 is 1.04 bits per heavy atom. The van der Waals surface area contributed by atoms with Crippen molar-refractivity contribution in [3.05, 3.63) is 0 Å². The summed E-state index contributed by atoms with van der Waals surface area (Å²) in [6.45, 7) is 1.83. The molecule has 13 heteroatoms. The maximum absolute atomic E-state index is 11.9. The van der Waals surface area contributed by atoms with Crippen molar-refractivity contribution in [1.29, 1.82) is 0 Å². The van der Waals surface area contributed by atoms with Crippen molar-refractivity contribution < 1.29 is 96.6 Å². The van der Waals surface area contributed by atoms with Crippen LogP contribution < -0.4 is 51.4 Å². The second kappa shape index (κ2) is 15.8. The van der Waals surface area contributed by atoms with Crippen LogP contribution in [0.25, 0.3) is 0 Å². The van der Waals surface area contributed by atoms with Gasteiger partial charge in [0, 0.05) is 61.7 Å². The van der Waals surface area contributed by atoms with Crippen LogP contribution in [0.15, 0.2) is 0 Å². The van der Waals surface area contributed by atoms with Crippen molar-refractivity contribution >= 4 is 17.6 Å². The fourth-order valence-corrected chi connectivity index (χ4v) is 3.30. The van der Waals surface area contributed by atoms with Crippen LogP contribution in [-0.2, 0) is 26.6 Å². The molecule has 0 aliphatic carbocycles. The van der Waals surface area contributed by atoms with E-state index in [0.717, 1.165) is 0 Å². The molecule has 0 saturated carbocycles. The summed E-state index contributed by atoms with van der Waals surface area (Å²) >= 11 is 0. The van der Waals surface area contributed by atoms with Crippen LogP contribution in [0.3, 0.4) is 0 Å². The van der Waals surface area contributed by atoms with E-state index < -0.39 is 30.2 Å². The molecule has 0 atom stereocenters. The summed E-state index contributed by atoms with van der Waals surface area (Å²) in [7, 11) is 3.39. The predicted molar refractivity (Wildman–Crippen MR) is 76.8 cm³/mol. The average Bonchev–Trinajstić information content (AvgIpc) is 2.48. The van der Waals surface area contributed by atoms with Crippen LogP contribution in [0, 0.1) is 0 Å². The van der Waals surface area contributed by atoms with E-state index in [0.29, 0.717) is 0 Å². The first-order chi connectivity index (χ1) is 9.57. The van der Waals surface area contributed by atoms with Gasteiger partial charge in [0.2, 0.25) is 0 Å². The summed E-state index contributed by atoms with van der Waals surface area (Å²) < 4.78 is 64.8. The molecule has 0 rings (SSSR count). The van der Waals surface area contributed by atoms with E-state index in [4.69, 9.17) is 26.6 Å². The van der Waals surface area contributed by atoms with Gasteiger partial charge in [-0.05, 0) is 0 Å². The number of rotatable bonds is 8. The minimum atomic E-state index is -4.20. The van der Waals surface area contributed by atoms with Gasteiger partial charge in [-0.3, -0.25) is 0 Å². The van der Waals surface area contributed by atoms with Crippen LogP contribution in [0.2, 0.25) is 12.6 Å². The van der Waals surface area contributed by atoms with Crippen LogP contribution in [0.5, 0.6) is 0 Å². The zero-order valence-corrected chi connectivity index (χ0v) is 20.1. The minimum absolute atomic E-state index is 0. The maximum Gasteiger partial charge on any atom is 1.00 e. The molecule has 0 aromatic heterocycles. The van der Waals surface area contributed by atoms with Gasteiger partial charge in [0.25, 0.3) is 0 Å². The summed E-state index contributed by atoms with van der Waals surface area (Å²) in [6.07, 6.45) is -5.15. The molecule has 0 fully saturated rings. The Labute approximate surface area is 180 Å². The Morgan fingerprint density at radius 1 is 0.739 bits per heavy atom. The second-order valence-electron chi connectivity index (χ2n) is 3.89. The van der Waals surface area contributed by atoms with E-state index in [1.165, 1.54) is 21.3 Å². The molecule has 0 heterocycles. The first-order valence-electron chi connectivity index (χ1n) is 5.95. The number of hydrogen-bond donors (Lipinski definition) is 0. The fourth-order valence-electron chi connectivity index (χ4n) is 1.10. The van der Waals surface area contributed by atoms with Crippen molar-refractivity contribution in [3.8, 4) is 0 Å². The van der Waals surface area contributed by atoms with Crippen LogP contribution >= 0.6 is 0 Å². The van der Waals surface area contributed by atoms with E-state index in [2.05, 4.69) is 0 Å². The molecule has 7 nitrogen and oxygen atoms in total. The molecule has 0 radical (unpaired) electrons. The molecule has 0 aromatic rings. The molecule has 0 amide bonds. The monoisotopic (exact) mass is 410 g/mol. The number of alkyl halides is 3. The Bertz CT molecular complexity index is 251. The molecule has 138 valence electrons. The van der Waals surface area contributed by atoms with Crippen LogP contribution in [0.1, 0.15) is 6.42 Å². The smallest absolute Gasteiger partial charge is 0.870 e. The zero-order valence-electron chi connectivity index (χ0n) is 14.9. The fraction of sp³-hybridized carbons (Fsp3) is 1.00. The molecule has 0 aliphatic rings. The van der Waals surface area contributed by atoms with Crippen molar-refractivity contribution in [2.24, 2.45) is 0 Å². The normalized spacial score (nSPS) is 11.7. The maximum atomic E-state index is 11.9. The Hall–Kier alpha value is 1.58. The SMILES string of the molecule is CO[Si](C)(OC)OC.CO[Si](CCC(F)(F)F)(OC)OC.[K+].[OH-]. The Balaban J connectivity index is -0.000000158. The molecule has 0 aliphatic heterocycles. The summed E-state index contributed by atoms with van der Waals surface area (Å²) in [4.78, 5) is 0. The summed E-state index contributed by atoms with van der Waals surface area (Å²) in [5, 5.41) is 0. The molecule has 23 heavy (non-hydrogen) atoms. The third-order valence-electron chi connectivity index (χ3n) is 2.76. The summed E-state index contributed by atoms with van der Waals surface area (Å²) in [6, 6.07) is -0.250. The zero-order chi connectivity index (χ0) is 17.2. The molecule has 0 unspecified atom stereocenters.